The molecule has 0 bridgehead atoms. The first-order chi connectivity index (χ1) is 21.4. The summed E-state index contributed by atoms with van der Waals surface area (Å²) in [6.07, 6.45) is 1.19. The van der Waals surface area contributed by atoms with Crippen molar-refractivity contribution in [3.63, 3.8) is 0 Å². The van der Waals surface area contributed by atoms with Crippen LogP contribution < -0.4 is 48.7 Å². The standard InChI is InChI=1S/C28H61N9O7/c1-42-26-23(37-27(40)35-18-7-16-32-13-4-5-14-34-20-10-30)25(39)24(38)22(44-26)21-43-28(41)36-19-8-17-33-12-3-2-11-31-15-6-9-29/h22-26,31-34,38-39H,2-21,29-30H2,1H3,(H,36,41)(H2,35,37,40)/t22-,23-,24-,25-,26?/m1/s1. The Morgan fingerprint density at radius 2 is 1.20 bits per heavy atom. The maximum Gasteiger partial charge on any atom is 0.407 e. The number of nitrogens with two attached hydrogens (primary N) is 2. The smallest absolute Gasteiger partial charge is 0.407 e. The van der Waals surface area contributed by atoms with Crippen LogP contribution in [0.25, 0.3) is 0 Å². The highest BCUT2D eigenvalue weighted by Gasteiger charge is 2.46. The SMILES string of the molecule is COC1O[C@H](COC(=O)NCCCNCCCCNCCCN)[C@@H](O)[C@H](O)[C@H]1NC(=O)NCCCNCCCCNCCN. The molecule has 260 valence electrons. The lowest BCUT2D eigenvalue weighted by atomic mass is 9.97. The highest BCUT2D eigenvalue weighted by Crippen LogP contribution is 2.22. The molecule has 0 saturated carbocycles. The van der Waals surface area contributed by atoms with Crippen molar-refractivity contribution in [3.8, 4) is 0 Å². The zero-order valence-corrected chi connectivity index (χ0v) is 26.6. The van der Waals surface area contributed by atoms with Gasteiger partial charge in [-0.2, -0.15) is 0 Å². The normalized spacial score (nSPS) is 21.6. The second kappa shape index (κ2) is 27.5. The number of nitrogens with one attached hydrogen (secondary N) is 7. The van der Waals surface area contributed by atoms with E-state index in [2.05, 4.69) is 37.2 Å². The minimum absolute atomic E-state index is 0.294. The van der Waals surface area contributed by atoms with Crippen LogP contribution in [0.15, 0.2) is 0 Å². The minimum Gasteiger partial charge on any atom is -0.447 e. The summed E-state index contributed by atoms with van der Waals surface area (Å²) in [5, 5.41) is 42.5. The molecule has 13 N–H and O–H groups in total. The molecule has 16 heteroatoms. The number of carbonyl (C=O) groups is 2. The van der Waals surface area contributed by atoms with Crippen molar-refractivity contribution in [1.82, 2.24) is 37.2 Å². The molecular formula is C28H61N9O7. The van der Waals surface area contributed by atoms with E-state index in [1.54, 1.807) is 0 Å². The van der Waals surface area contributed by atoms with E-state index in [1.807, 2.05) is 0 Å². The monoisotopic (exact) mass is 635 g/mol. The highest BCUT2D eigenvalue weighted by molar-refractivity contribution is 5.74. The predicted octanol–water partition coefficient (Wildman–Crippen LogP) is -2.52. The van der Waals surface area contributed by atoms with Crippen LogP contribution in [0.3, 0.4) is 0 Å². The van der Waals surface area contributed by atoms with Crippen molar-refractivity contribution in [2.45, 2.75) is 75.6 Å². The van der Waals surface area contributed by atoms with E-state index < -0.39 is 42.8 Å². The fourth-order valence-electron chi connectivity index (χ4n) is 4.48. The number of aliphatic hydroxyl groups excluding tert-OH is 2. The van der Waals surface area contributed by atoms with Crippen LogP contribution in [0.1, 0.15) is 44.9 Å². The van der Waals surface area contributed by atoms with E-state index in [9.17, 15) is 19.8 Å². The molecular weight excluding hydrogens is 574 g/mol. The van der Waals surface area contributed by atoms with Gasteiger partial charge >= 0.3 is 12.1 Å². The molecule has 1 fully saturated rings. The number of methoxy groups -OCH3 is 1. The van der Waals surface area contributed by atoms with Crippen LogP contribution >= 0.6 is 0 Å². The molecule has 1 aliphatic rings. The minimum atomic E-state index is -1.41. The van der Waals surface area contributed by atoms with Crippen LogP contribution in [-0.2, 0) is 14.2 Å². The van der Waals surface area contributed by atoms with Gasteiger partial charge in [-0.3, -0.25) is 0 Å². The lowest BCUT2D eigenvalue weighted by Gasteiger charge is -2.41. The number of alkyl carbamates (subject to hydrolysis) is 1. The lowest BCUT2D eigenvalue weighted by Crippen LogP contribution is -2.65. The average Bonchev–Trinajstić information content (AvgIpc) is 3.02. The van der Waals surface area contributed by atoms with Gasteiger partial charge in [0.25, 0.3) is 0 Å². The summed E-state index contributed by atoms with van der Waals surface area (Å²) in [6.45, 7) is 8.95. The van der Waals surface area contributed by atoms with Gasteiger partial charge in [0.05, 0.1) is 0 Å². The number of unbranched alkanes of at least 4 members (excludes halogenated alkanes) is 2. The van der Waals surface area contributed by atoms with Crippen LogP contribution in [0.5, 0.6) is 0 Å². The van der Waals surface area contributed by atoms with Crippen LogP contribution in [0.4, 0.5) is 9.59 Å². The third-order valence-corrected chi connectivity index (χ3v) is 7.02. The van der Waals surface area contributed by atoms with E-state index in [-0.39, 0.29) is 6.61 Å². The molecule has 1 saturated heterocycles. The predicted molar refractivity (Wildman–Crippen MR) is 169 cm³/mol. The third-order valence-electron chi connectivity index (χ3n) is 7.02. The zero-order valence-electron chi connectivity index (χ0n) is 26.6. The van der Waals surface area contributed by atoms with Crippen molar-refractivity contribution in [3.05, 3.63) is 0 Å². The lowest BCUT2D eigenvalue weighted by molar-refractivity contribution is -0.261. The van der Waals surface area contributed by atoms with Crippen molar-refractivity contribution in [2.75, 3.05) is 92.3 Å². The first-order valence-electron chi connectivity index (χ1n) is 16.2. The van der Waals surface area contributed by atoms with Crippen molar-refractivity contribution < 1.29 is 34.0 Å². The Balaban J connectivity index is 2.16. The quantitative estimate of drug-likeness (QED) is 0.0419. The third kappa shape index (κ3) is 19.5. The summed E-state index contributed by atoms with van der Waals surface area (Å²) in [5.41, 5.74) is 10.9. The molecule has 1 aliphatic heterocycles. The maximum atomic E-state index is 12.4. The number of rotatable bonds is 27. The summed E-state index contributed by atoms with van der Waals surface area (Å²) >= 11 is 0. The van der Waals surface area contributed by atoms with Gasteiger partial charge in [-0.1, -0.05) is 0 Å². The number of hydrogen-bond donors (Lipinski definition) is 11. The first-order valence-corrected chi connectivity index (χ1v) is 16.2. The molecule has 3 amide bonds. The average molecular weight is 636 g/mol. The Hall–Kier alpha value is -1.86. The van der Waals surface area contributed by atoms with Crippen molar-refractivity contribution >= 4 is 12.1 Å². The molecule has 0 spiro atoms. The highest BCUT2D eigenvalue weighted by atomic mass is 16.7. The molecule has 0 aromatic heterocycles. The molecule has 44 heavy (non-hydrogen) atoms. The molecule has 0 aliphatic carbocycles. The molecule has 16 nitrogen and oxygen atoms in total. The van der Waals surface area contributed by atoms with Crippen LogP contribution in [-0.4, -0.2) is 145 Å². The van der Waals surface area contributed by atoms with Gasteiger partial charge < -0.3 is 73.1 Å². The molecule has 0 aromatic rings. The largest absolute Gasteiger partial charge is 0.447 e. The Morgan fingerprint density at radius 3 is 1.75 bits per heavy atom. The fourth-order valence-corrected chi connectivity index (χ4v) is 4.48. The summed E-state index contributed by atoms with van der Waals surface area (Å²) in [4.78, 5) is 24.5. The molecule has 0 aromatic carbocycles. The second-order valence-electron chi connectivity index (χ2n) is 10.8. The van der Waals surface area contributed by atoms with Gasteiger partial charge in [0, 0.05) is 33.3 Å². The fraction of sp³-hybridized carbons (Fsp3) is 0.929. The van der Waals surface area contributed by atoms with E-state index in [0.29, 0.717) is 26.2 Å². The molecule has 1 unspecified atom stereocenters. The molecule has 1 rings (SSSR count). The number of hydrogen-bond acceptors (Lipinski definition) is 13. The number of carbonyl (C=O) groups excluding carboxylic acids is 2. The Kier molecular flexibility index (Phi) is 25.1. The Morgan fingerprint density at radius 1 is 0.682 bits per heavy atom. The van der Waals surface area contributed by atoms with E-state index in [1.165, 1.54) is 7.11 Å². The topological polar surface area (TPSA) is 239 Å². The van der Waals surface area contributed by atoms with Gasteiger partial charge in [0.2, 0.25) is 0 Å². The van der Waals surface area contributed by atoms with Crippen molar-refractivity contribution in [2.24, 2.45) is 11.5 Å². The maximum absolute atomic E-state index is 12.4. The molecule has 5 atom stereocenters. The summed E-state index contributed by atoms with van der Waals surface area (Å²) in [6, 6.07) is -1.54. The summed E-state index contributed by atoms with van der Waals surface area (Å²) in [7, 11) is 1.36. The second-order valence-corrected chi connectivity index (χ2v) is 10.8. The molecule has 1 heterocycles. The van der Waals surface area contributed by atoms with Gasteiger partial charge in [0.15, 0.2) is 6.29 Å². The number of amides is 3. The van der Waals surface area contributed by atoms with Crippen molar-refractivity contribution in [1.29, 1.82) is 0 Å². The number of ether oxygens (including phenoxy) is 3. The Labute approximate surface area is 262 Å². The van der Waals surface area contributed by atoms with Gasteiger partial charge in [0.1, 0.15) is 31.0 Å². The number of aliphatic hydroxyl groups is 2. The van der Waals surface area contributed by atoms with E-state index in [0.717, 1.165) is 97.3 Å². The van der Waals surface area contributed by atoms with Crippen LogP contribution in [0.2, 0.25) is 0 Å². The van der Waals surface area contributed by atoms with Gasteiger partial charge in [-0.05, 0) is 97.3 Å². The zero-order chi connectivity index (χ0) is 32.3. The van der Waals surface area contributed by atoms with E-state index in [4.69, 9.17) is 25.7 Å². The van der Waals surface area contributed by atoms with E-state index >= 15 is 0 Å². The van der Waals surface area contributed by atoms with Crippen LogP contribution in [0, 0.1) is 0 Å². The number of urea groups is 1. The summed E-state index contributed by atoms with van der Waals surface area (Å²) in [5.74, 6) is 0. The summed E-state index contributed by atoms with van der Waals surface area (Å²) < 4.78 is 16.2. The first kappa shape index (κ1) is 40.2. The van der Waals surface area contributed by atoms with Gasteiger partial charge in [-0.25, -0.2) is 9.59 Å². The van der Waals surface area contributed by atoms with Gasteiger partial charge in [-0.15, -0.1) is 0 Å². The Bertz CT molecular complexity index is 712. The molecule has 0 radical (unpaired) electrons.